The third-order valence-corrected chi connectivity index (χ3v) is 9.51. The number of nitrogens with zero attached hydrogens (tertiary/aromatic N) is 3. The molecule has 0 atom stereocenters. The summed E-state index contributed by atoms with van der Waals surface area (Å²) in [7, 11) is -0.407. The Morgan fingerprint density at radius 1 is 1.11 bits per heavy atom. The van der Waals surface area contributed by atoms with Gasteiger partial charge in [0.25, 0.3) is 0 Å². The van der Waals surface area contributed by atoms with Crippen LogP contribution in [0.25, 0.3) is 0 Å². The first-order valence-corrected chi connectivity index (χ1v) is 14.3. The number of sulfonamides is 1. The smallest absolute Gasteiger partial charge is 0.248 e. The maximum Gasteiger partial charge on any atom is 0.248 e. The fourth-order valence-corrected chi connectivity index (χ4v) is 6.61. The minimum atomic E-state index is -3.71. The summed E-state index contributed by atoms with van der Waals surface area (Å²) in [6.45, 7) is 5.72. The van der Waals surface area contributed by atoms with E-state index in [9.17, 15) is 17.6 Å². The highest BCUT2D eigenvalue weighted by atomic mass is 32.2. The molecule has 0 bridgehead atoms. The van der Waals surface area contributed by atoms with E-state index < -0.39 is 16.7 Å². The lowest BCUT2D eigenvalue weighted by Crippen LogP contribution is -2.37. The number of halogens is 1. The molecule has 1 aromatic rings. The van der Waals surface area contributed by atoms with E-state index in [0.29, 0.717) is 17.0 Å². The van der Waals surface area contributed by atoms with Gasteiger partial charge in [0.2, 0.25) is 15.9 Å². The Morgan fingerprint density at radius 3 is 2.40 bits per heavy atom. The molecule has 1 saturated heterocycles. The lowest BCUT2D eigenvalue weighted by Gasteiger charge is -2.33. The van der Waals surface area contributed by atoms with Gasteiger partial charge in [-0.2, -0.15) is 4.31 Å². The summed E-state index contributed by atoms with van der Waals surface area (Å²) < 4.78 is 45.2. The van der Waals surface area contributed by atoms with E-state index in [4.69, 9.17) is 4.74 Å². The summed E-state index contributed by atoms with van der Waals surface area (Å²) in [5, 5.41) is 0. The van der Waals surface area contributed by atoms with Crippen LogP contribution in [0.5, 0.6) is 0 Å². The van der Waals surface area contributed by atoms with Gasteiger partial charge in [-0.1, -0.05) is 12.1 Å². The fourth-order valence-electron chi connectivity index (χ4n) is 5.25. The maximum absolute atomic E-state index is 12.8. The van der Waals surface area contributed by atoms with Crippen LogP contribution in [0.3, 0.4) is 0 Å². The van der Waals surface area contributed by atoms with Crippen LogP contribution in [-0.4, -0.2) is 88.5 Å². The molecule has 1 aliphatic heterocycles. The van der Waals surface area contributed by atoms with E-state index in [-0.39, 0.29) is 30.6 Å². The number of carbonyl (C=O) groups excluding carboxylic acids is 1. The van der Waals surface area contributed by atoms with E-state index in [1.54, 1.807) is 17.9 Å². The van der Waals surface area contributed by atoms with Crippen molar-refractivity contribution in [3.63, 3.8) is 0 Å². The Hall–Kier alpha value is -1.55. The number of carbonyl (C=O) groups is 1. The molecule has 1 amide bonds. The van der Waals surface area contributed by atoms with Gasteiger partial charge < -0.3 is 14.5 Å². The van der Waals surface area contributed by atoms with Crippen molar-refractivity contribution in [2.24, 2.45) is 11.8 Å². The maximum atomic E-state index is 12.8. The van der Waals surface area contributed by atoms with E-state index >= 15 is 0 Å². The van der Waals surface area contributed by atoms with Gasteiger partial charge in [-0.25, -0.2) is 12.8 Å². The molecule has 1 saturated carbocycles. The van der Waals surface area contributed by atoms with Gasteiger partial charge >= 0.3 is 0 Å². The number of hydrogen-bond donors (Lipinski definition) is 0. The Morgan fingerprint density at radius 2 is 1.77 bits per heavy atom. The minimum absolute atomic E-state index is 0.0566. The molecule has 0 N–H and O–H groups in total. The van der Waals surface area contributed by atoms with Crippen molar-refractivity contribution in [1.29, 1.82) is 0 Å². The molecule has 9 heteroatoms. The van der Waals surface area contributed by atoms with Crippen molar-refractivity contribution in [2.45, 2.75) is 57.0 Å². The molecule has 1 aromatic carbocycles. The lowest BCUT2D eigenvalue weighted by atomic mass is 9.81. The summed E-state index contributed by atoms with van der Waals surface area (Å²) in [5.74, 6) is 1.27. The van der Waals surface area contributed by atoms with Crippen LogP contribution in [0.4, 0.5) is 4.39 Å². The number of hydrogen-bond acceptors (Lipinski definition) is 5. The van der Waals surface area contributed by atoms with Gasteiger partial charge in [-0.15, -0.1) is 0 Å². The summed E-state index contributed by atoms with van der Waals surface area (Å²) in [4.78, 5) is 17.0. The molecule has 0 aromatic heterocycles. The normalized spacial score (nSPS) is 21.5. The van der Waals surface area contributed by atoms with Crippen molar-refractivity contribution < 1.29 is 22.3 Å². The third-order valence-electron chi connectivity index (χ3n) is 7.50. The van der Waals surface area contributed by atoms with E-state index in [1.165, 1.54) is 81.6 Å². The first-order chi connectivity index (χ1) is 16.7. The predicted octanol–water partition coefficient (Wildman–Crippen LogP) is 3.46. The zero-order valence-corrected chi connectivity index (χ0v) is 22.4. The first kappa shape index (κ1) is 28.0. The zero-order chi connectivity index (χ0) is 25.4. The van der Waals surface area contributed by atoms with Crippen molar-refractivity contribution >= 4 is 15.9 Å². The molecule has 3 rings (SSSR count). The van der Waals surface area contributed by atoms with Crippen molar-refractivity contribution in [3.05, 3.63) is 29.3 Å². The molecule has 7 nitrogen and oxygen atoms in total. The van der Waals surface area contributed by atoms with E-state index in [2.05, 4.69) is 4.90 Å². The second-order valence-corrected chi connectivity index (χ2v) is 12.3. The second kappa shape index (κ2) is 13.1. The summed E-state index contributed by atoms with van der Waals surface area (Å²) in [5.41, 5.74) is 0.958. The molecule has 35 heavy (non-hydrogen) atoms. The molecule has 2 aliphatic rings. The number of likely N-dealkylation sites (tertiary alicyclic amines) is 1. The molecule has 198 valence electrons. The standard InChI is InChI=1S/C26H42FN3O4S/c1-21-16-24(17-27)10-11-25(21)35(32,33)29(3)14-15-34-20-26(31)28(2)18-22-6-8-23(9-7-22)19-30-12-4-5-13-30/h10-11,16,22-23H,4-9,12-15,17-20H2,1-3H3. The van der Waals surface area contributed by atoms with Crippen LogP contribution in [-0.2, 0) is 26.2 Å². The van der Waals surface area contributed by atoms with Gasteiger partial charge in [0, 0.05) is 33.7 Å². The van der Waals surface area contributed by atoms with Crippen LogP contribution < -0.4 is 0 Å². The van der Waals surface area contributed by atoms with Crippen molar-refractivity contribution in [1.82, 2.24) is 14.1 Å². The SMILES string of the molecule is Cc1cc(CF)ccc1S(=O)(=O)N(C)CCOCC(=O)N(C)CC1CCC(CN2CCCC2)CC1. The average Bonchev–Trinajstić information content (AvgIpc) is 3.35. The Kier molecular flexibility index (Phi) is 10.5. The average molecular weight is 512 g/mol. The van der Waals surface area contributed by atoms with Crippen LogP contribution >= 0.6 is 0 Å². The highest BCUT2D eigenvalue weighted by Gasteiger charge is 2.26. The largest absolute Gasteiger partial charge is 0.370 e. The third kappa shape index (κ3) is 7.97. The summed E-state index contributed by atoms with van der Waals surface area (Å²) >= 11 is 0. The Bertz CT molecular complexity index is 929. The molecule has 1 heterocycles. The lowest BCUT2D eigenvalue weighted by molar-refractivity contribution is -0.135. The monoisotopic (exact) mass is 511 g/mol. The van der Waals surface area contributed by atoms with Gasteiger partial charge in [0.15, 0.2) is 0 Å². The molecular weight excluding hydrogens is 469 g/mol. The van der Waals surface area contributed by atoms with Crippen LogP contribution in [0, 0.1) is 18.8 Å². The van der Waals surface area contributed by atoms with Crippen LogP contribution in [0.2, 0.25) is 0 Å². The number of amides is 1. The number of likely N-dealkylation sites (N-methyl/N-ethyl adjacent to an activating group) is 2. The van der Waals surface area contributed by atoms with E-state index in [1.807, 2.05) is 7.05 Å². The molecular formula is C26H42FN3O4S. The minimum Gasteiger partial charge on any atom is -0.370 e. The molecule has 0 radical (unpaired) electrons. The second-order valence-electron chi connectivity index (χ2n) is 10.3. The first-order valence-electron chi connectivity index (χ1n) is 12.9. The predicted molar refractivity (Wildman–Crippen MR) is 135 cm³/mol. The van der Waals surface area contributed by atoms with Crippen molar-refractivity contribution in [3.8, 4) is 0 Å². The highest BCUT2D eigenvalue weighted by Crippen LogP contribution is 2.30. The van der Waals surface area contributed by atoms with Gasteiger partial charge in [0.1, 0.15) is 13.3 Å². The summed E-state index contributed by atoms with van der Waals surface area (Å²) in [6.07, 6.45) is 7.51. The van der Waals surface area contributed by atoms with E-state index in [0.717, 1.165) is 12.5 Å². The van der Waals surface area contributed by atoms with Gasteiger partial charge in [-0.05, 0) is 87.6 Å². The fraction of sp³-hybridized carbons (Fsp3) is 0.731. The molecule has 0 unspecified atom stereocenters. The zero-order valence-electron chi connectivity index (χ0n) is 21.5. The summed E-state index contributed by atoms with van der Waals surface area (Å²) in [6, 6.07) is 4.47. The van der Waals surface area contributed by atoms with Crippen LogP contribution in [0.15, 0.2) is 23.1 Å². The topological polar surface area (TPSA) is 70.2 Å². The Labute approximate surface area is 210 Å². The quantitative estimate of drug-likeness (QED) is 0.402. The number of alkyl halides is 1. The molecule has 0 spiro atoms. The van der Waals surface area contributed by atoms with Gasteiger partial charge in [-0.3, -0.25) is 4.79 Å². The number of ether oxygens (including phenoxy) is 1. The molecule has 1 aliphatic carbocycles. The number of benzene rings is 1. The Balaban J connectivity index is 1.34. The highest BCUT2D eigenvalue weighted by molar-refractivity contribution is 7.89. The van der Waals surface area contributed by atoms with Crippen molar-refractivity contribution in [2.75, 3.05) is 60.0 Å². The molecule has 2 fully saturated rings. The number of aryl methyl sites for hydroxylation is 1. The van der Waals surface area contributed by atoms with Crippen LogP contribution in [0.1, 0.15) is 49.7 Å². The number of rotatable bonds is 12. The van der Waals surface area contributed by atoms with Gasteiger partial charge in [0.05, 0.1) is 11.5 Å².